The van der Waals surface area contributed by atoms with Gasteiger partial charge in [0.1, 0.15) is 5.69 Å². The van der Waals surface area contributed by atoms with Crippen LogP contribution in [-0.2, 0) is 4.74 Å². The van der Waals surface area contributed by atoms with Gasteiger partial charge >= 0.3 is 0 Å². The number of methoxy groups -OCH3 is 4. The standard InChI is InChI=1S/C11H17NO5/c1-13-6-17-7-5-8(14-2)10(15-3)11(16-4)9(7)12/h5H,6,12H2,1-4H3. The first kappa shape index (κ1) is 13.2. The Morgan fingerprint density at radius 2 is 1.59 bits per heavy atom. The van der Waals surface area contributed by atoms with Gasteiger partial charge in [0.15, 0.2) is 24.0 Å². The molecule has 0 aliphatic heterocycles. The predicted molar refractivity (Wildman–Crippen MR) is 63.0 cm³/mol. The average molecular weight is 243 g/mol. The minimum Gasteiger partial charge on any atom is -0.493 e. The lowest BCUT2D eigenvalue weighted by Crippen LogP contribution is -2.05. The second kappa shape index (κ2) is 6.05. The third-order valence-corrected chi connectivity index (χ3v) is 2.16. The molecular weight excluding hydrogens is 226 g/mol. The van der Waals surface area contributed by atoms with Gasteiger partial charge in [0.25, 0.3) is 0 Å². The number of hydrogen-bond acceptors (Lipinski definition) is 6. The molecule has 0 spiro atoms. The SMILES string of the molecule is COCOc1cc(OC)c(OC)c(OC)c1N. The quantitative estimate of drug-likeness (QED) is 0.599. The van der Waals surface area contributed by atoms with Crippen LogP contribution in [0.3, 0.4) is 0 Å². The first-order valence-corrected chi connectivity index (χ1v) is 4.89. The third-order valence-electron chi connectivity index (χ3n) is 2.16. The molecule has 0 fully saturated rings. The van der Waals surface area contributed by atoms with Gasteiger partial charge in [-0.3, -0.25) is 0 Å². The molecule has 0 heterocycles. The first-order valence-electron chi connectivity index (χ1n) is 4.89. The maximum Gasteiger partial charge on any atom is 0.205 e. The summed E-state index contributed by atoms with van der Waals surface area (Å²) in [4.78, 5) is 0. The Hall–Kier alpha value is -1.82. The molecule has 0 aliphatic rings. The molecule has 0 aliphatic carbocycles. The maximum absolute atomic E-state index is 5.89. The highest BCUT2D eigenvalue weighted by atomic mass is 16.7. The van der Waals surface area contributed by atoms with E-state index in [0.29, 0.717) is 28.7 Å². The van der Waals surface area contributed by atoms with Crippen LogP contribution in [0, 0.1) is 0 Å². The fourth-order valence-corrected chi connectivity index (χ4v) is 1.40. The van der Waals surface area contributed by atoms with Crippen molar-refractivity contribution in [2.45, 2.75) is 0 Å². The highest BCUT2D eigenvalue weighted by Crippen LogP contribution is 2.46. The molecule has 0 amide bonds. The van der Waals surface area contributed by atoms with Gasteiger partial charge in [-0.05, 0) is 0 Å². The topological polar surface area (TPSA) is 72.2 Å². The number of nitrogen functional groups attached to an aromatic ring is 1. The van der Waals surface area contributed by atoms with Crippen molar-refractivity contribution >= 4 is 5.69 Å². The first-order chi connectivity index (χ1) is 8.19. The summed E-state index contributed by atoms with van der Waals surface area (Å²) in [5.41, 5.74) is 6.23. The average Bonchev–Trinajstić information content (AvgIpc) is 2.36. The van der Waals surface area contributed by atoms with Crippen LogP contribution in [0.1, 0.15) is 0 Å². The van der Waals surface area contributed by atoms with Crippen LogP contribution in [0.5, 0.6) is 23.0 Å². The number of rotatable bonds is 6. The molecule has 2 N–H and O–H groups in total. The summed E-state index contributed by atoms with van der Waals surface area (Å²) in [5.74, 6) is 1.70. The van der Waals surface area contributed by atoms with Crippen molar-refractivity contribution in [3.8, 4) is 23.0 Å². The molecule has 96 valence electrons. The molecule has 6 heteroatoms. The van der Waals surface area contributed by atoms with Crippen LogP contribution in [0.2, 0.25) is 0 Å². The van der Waals surface area contributed by atoms with E-state index in [-0.39, 0.29) is 6.79 Å². The molecule has 0 saturated carbocycles. The summed E-state index contributed by atoms with van der Waals surface area (Å²) in [7, 11) is 6.05. The fraction of sp³-hybridized carbons (Fsp3) is 0.455. The summed E-state index contributed by atoms with van der Waals surface area (Å²) in [5, 5.41) is 0. The van der Waals surface area contributed by atoms with E-state index < -0.39 is 0 Å². The van der Waals surface area contributed by atoms with Crippen molar-refractivity contribution in [1.82, 2.24) is 0 Å². The van der Waals surface area contributed by atoms with Gasteiger partial charge in [0, 0.05) is 13.2 Å². The van der Waals surface area contributed by atoms with Crippen molar-refractivity contribution in [2.24, 2.45) is 0 Å². The summed E-state index contributed by atoms with van der Waals surface area (Å²) in [6.07, 6.45) is 0. The van der Waals surface area contributed by atoms with Gasteiger partial charge in [-0.15, -0.1) is 0 Å². The van der Waals surface area contributed by atoms with Crippen LogP contribution in [-0.4, -0.2) is 35.2 Å². The predicted octanol–water partition coefficient (Wildman–Crippen LogP) is 1.28. The van der Waals surface area contributed by atoms with Crippen LogP contribution in [0.25, 0.3) is 0 Å². The number of benzene rings is 1. The molecule has 0 unspecified atom stereocenters. The molecule has 17 heavy (non-hydrogen) atoms. The Bertz CT molecular complexity index is 381. The zero-order chi connectivity index (χ0) is 12.8. The second-order valence-corrected chi connectivity index (χ2v) is 3.11. The van der Waals surface area contributed by atoms with Crippen molar-refractivity contribution in [1.29, 1.82) is 0 Å². The van der Waals surface area contributed by atoms with E-state index in [1.807, 2.05) is 0 Å². The van der Waals surface area contributed by atoms with Crippen molar-refractivity contribution in [2.75, 3.05) is 41.0 Å². The van der Waals surface area contributed by atoms with E-state index in [1.165, 1.54) is 28.4 Å². The van der Waals surface area contributed by atoms with Crippen molar-refractivity contribution in [3.63, 3.8) is 0 Å². The van der Waals surface area contributed by atoms with E-state index in [1.54, 1.807) is 6.07 Å². The zero-order valence-corrected chi connectivity index (χ0v) is 10.4. The van der Waals surface area contributed by atoms with E-state index in [2.05, 4.69) is 0 Å². The van der Waals surface area contributed by atoms with Crippen LogP contribution < -0.4 is 24.7 Å². The van der Waals surface area contributed by atoms with Gasteiger partial charge in [-0.1, -0.05) is 0 Å². The van der Waals surface area contributed by atoms with Gasteiger partial charge in [0.2, 0.25) is 5.75 Å². The molecule has 1 rings (SSSR count). The molecule has 6 nitrogen and oxygen atoms in total. The highest BCUT2D eigenvalue weighted by Gasteiger charge is 2.19. The van der Waals surface area contributed by atoms with Gasteiger partial charge in [-0.25, -0.2) is 0 Å². The van der Waals surface area contributed by atoms with E-state index in [9.17, 15) is 0 Å². The fourth-order valence-electron chi connectivity index (χ4n) is 1.40. The molecule has 0 atom stereocenters. The monoisotopic (exact) mass is 243 g/mol. The number of hydrogen-bond donors (Lipinski definition) is 1. The molecule has 0 radical (unpaired) electrons. The van der Waals surface area contributed by atoms with Gasteiger partial charge < -0.3 is 29.4 Å². The number of nitrogens with two attached hydrogens (primary N) is 1. The maximum atomic E-state index is 5.89. The lowest BCUT2D eigenvalue weighted by atomic mass is 10.2. The number of anilines is 1. The van der Waals surface area contributed by atoms with Crippen molar-refractivity contribution < 1.29 is 23.7 Å². The Morgan fingerprint density at radius 1 is 0.941 bits per heavy atom. The summed E-state index contributed by atoms with van der Waals surface area (Å²) in [6, 6.07) is 1.62. The minimum absolute atomic E-state index is 0.0861. The minimum atomic E-state index is 0.0861. The second-order valence-electron chi connectivity index (χ2n) is 3.11. The zero-order valence-electron chi connectivity index (χ0n) is 10.4. The summed E-state index contributed by atoms with van der Waals surface area (Å²) in [6.45, 7) is 0.0861. The largest absolute Gasteiger partial charge is 0.493 e. The summed E-state index contributed by atoms with van der Waals surface area (Å²) >= 11 is 0. The molecular formula is C11H17NO5. The smallest absolute Gasteiger partial charge is 0.205 e. The molecule has 0 saturated heterocycles. The third kappa shape index (κ3) is 2.65. The van der Waals surface area contributed by atoms with E-state index in [0.717, 1.165) is 0 Å². The highest BCUT2D eigenvalue weighted by molar-refractivity contribution is 5.73. The molecule has 0 bridgehead atoms. The lowest BCUT2D eigenvalue weighted by molar-refractivity contribution is 0.0513. The summed E-state index contributed by atoms with van der Waals surface area (Å²) < 4.78 is 25.7. The van der Waals surface area contributed by atoms with Gasteiger partial charge in [0.05, 0.1) is 21.3 Å². The Balaban J connectivity index is 3.24. The van der Waals surface area contributed by atoms with Crippen LogP contribution >= 0.6 is 0 Å². The van der Waals surface area contributed by atoms with Crippen LogP contribution in [0.4, 0.5) is 5.69 Å². The number of ether oxygens (including phenoxy) is 5. The Morgan fingerprint density at radius 3 is 2.06 bits per heavy atom. The van der Waals surface area contributed by atoms with Gasteiger partial charge in [-0.2, -0.15) is 0 Å². The molecule has 0 aromatic heterocycles. The molecule has 1 aromatic carbocycles. The Kier molecular flexibility index (Phi) is 4.71. The van der Waals surface area contributed by atoms with Crippen LogP contribution in [0.15, 0.2) is 6.07 Å². The normalized spacial score (nSPS) is 9.88. The van der Waals surface area contributed by atoms with Crippen molar-refractivity contribution in [3.05, 3.63) is 6.07 Å². The molecule has 1 aromatic rings. The lowest BCUT2D eigenvalue weighted by Gasteiger charge is -2.17. The van der Waals surface area contributed by atoms with E-state index >= 15 is 0 Å². The van der Waals surface area contributed by atoms with E-state index in [4.69, 9.17) is 29.4 Å². The Labute approximate surface area is 100 Å².